The van der Waals surface area contributed by atoms with Gasteiger partial charge >= 0.3 is 5.97 Å². The van der Waals surface area contributed by atoms with Gasteiger partial charge in [-0.25, -0.2) is 4.79 Å². The van der Waals surface area contributed by atoms with Crippen LogP contribution in [-0.4, -0.2) is 18.6 Å². The molecule has 1 aliphatic carbocycles. The van der Waals surface area contributed by atoms with E-state index in [1.54, 1.807) is 6.92 Å². The molecule has 0 heterocycles. The van der Waals surface area contributed by atoms with Gasteiger partial charge in [0.15, 0.2) is 5.57 Å². The van der Waals surface area contributed by atoms with Crippen LogP contribution >= 0.6 is 0 Å². The molecular formula is C12H18N2O2. The van der Waals surface area contributed by atoms with Gasteiger partial charge in [-0.05, 0) is 19.8 Å². The predicted octanol–water partition coefficient (Wildman–Crippen LogP) is 1.88. The summed E-state index contributed by atoms with van der Waals surface area (Å²) in [4.78, 5) is 11.3. The van der Waals surface area contributed by atoms with Crippen LogP contribution in [0.2, 0.25) is 0 Å². The summed E-state index contributed by atoms with van der Waals surface area (Å²) in [5.74, 6) is -0.548. The summed E-state index contributed by atoms with van der Waals surface area (Å²) >= 11 is 0. The lowest BCUT2D eigenvalue weighted by molar-refractivity contribution is -0.138. The first-order valence-electron chi connectivity index (χ1n) is 5.81. The topological polar surface area (TPSA) is 62.1 Å². The fourth-order valence-corrected chi connectivity index (χ4v) is 1.82. The molecule has 0 aromatic carbocycles. The average molecular weight is 222 g/mol. The van der Waals surface area contributed by atoms with Crippen molar-refractivity contribution in [3.05, 3.63) is 11.8 Å². The smallest absolute Gasteiger partial charge is 0.350 e. The highest BCUT2D eigenvalue weighted by molar-refractivity contribution is 5.92. The van der Waals surface area contributed by atoms with Crippen molar-refractivity contribution in [2.45, 2.75) is 45.1 Å². The number of nitriles is 1. The van der Waals surface area contributed by atoms with Gasteiger partial charge in [0, 0.05) is 12.2 Å². The first-order chi connectivity index (χ1) is 7.77. The summed E-state index contributed by atoms with van der Waals surface area (Å²) in [6.07, 6.45) is 7.43. The van der Waals surface area contributed by atoms with Crippen molar-refractivity contribution in [2.75, 3.05) is 6.61 Å². The van der Waals surface area contributed by atoms with Gasteiger partial charge in [0.1, 0.15) is 6.07 Å². The summed E-state index contributed by atoms with van der Waals surface area (Å²) in [6, 6.07) is 2.25. The van der Waals surface area contributed by atoms with Crippen LogP contribution in [0, 0.1) is 11.3 Å². The number of hydrogen-bond acceptors (Lipinski definition) is 4. The lowest BCUT2D eigenvalue weighted by Crippen LogP contribution is -2.27. The Morgan fingerprint density at radius 2 is 2.19 bits per heavy atom. The Bertz CT molecular complexity index is 299. The molecule has 1 fully saturated rings. The zero-order valence-electron chi connectivity index (χ0n) is 9.66. The monoisotopic (exact) mass is 222 g/mol. The maximum absolute atomic E-state index is 11.3. The van der Waals surface area contributed by atoms with Crippen LogP contribution in [0.15, 0.2) is 11.8 Å². The summed E-state index contributed by atoms with van der Waals surface area (Å²) in [7, 11) is 0. The molecule has 0 spiro atoms. The minimum Gasteiger partial charge on any atom is -0.462 e. The van der Waals surface area contributed by atoms with E-state index in [-0.39, 0.29) is 5.57 Å². The number of ether oxygens (including phenoxy) is 1. The van der Waals surface area contributed by atoms with Crippen molar-refractivity contribution in [3.8, 4) is 6.07 Å². The van der Waals surface area contributed by atoms with Crippen LogP contribution in [0.25, 0.3) is 0 Å². The van der Waals surface area contributed by atoms with Crippen molar-refractivity contribution in [2.24, 2.45) is 0 Å². The van der Waals surface area contributed by atoms with Crippen LogP contribution in [0.3, 0.4) is 0 Å². The van der Waals surface area contributed by atoms with Gasteiger partial charge in [-0.3, -0.25) is 0 Å². The van der Waals surface area contributed by atoms with Crippen LogP contribution in [0.4, 0.5) is 0 Å². The van der Waals surface area contributed by atoms with Crippen molar-refractivity contribution in [1.82, 2.24) is 5.32 Å². The third kappa shape index (κ3) is 3.93. The molecular weight excluding hydrogens is 204 g/mol. The minimum absolute atomic E-state index is 0.0485. The van der Waals surface area contributed by atoms with E-state index >= 15 is 0 Å². The lowest BCUT2D eigenvalue weighted by atomic mass is 9.96. The normalized spacial score (nSPS) is 17.6. The van der Waals surface area contributed by atoms with E-state index in [9.17, 15) is 4.79 Å². The van der Waals surface area contributed by atoms with Gasteiger partial charge in [-0.2, -0.15) is 5.26 Å². The molecule has 0 saturated heterocycles. The second-order valence-corrected chi connectivity index (χ2v) is 3.89. The molecule has 0 aliphatic heterocycles. The maximum Gasteiger partial charge on any atom is 0.350 e. The summed E-state index contributed by atoms with van der Waals surface area (Å²) in [5.41, 5.74) is 0.0485. The van der Waals surface area contributed by atoms with E-state index < -0.39 is 5.97 Å². The second kappa shape index (κ2) is 6.89. The molecule has 1 N–H and O–H groups in total. The average Bonchev–Trinajstić information content (AvgIpc) is 2.31. The fourth-order valence-electron chi connectivity index (χ4n) is 1.82. The molecule has 0 aromatic rings. The zero-order valence-corrected chi connectivity index (χ0v) is 9.66. The molecule has 88 valence electrons. The number of nitrogens with one attached hydrogen (secondary N) is 1. The summed E-state index contributed by atoms with van der Waals surface area (Å²) in [6.45, 7) is 2.02. The molecule has 0 atom stereocenters. The van der Waals surface area contributed by atoms with Crippen LogP contribution in [0.5, 0.6) is 0 Å². The first kappa shape index (κ1) is 12.6. The SMILES string of the molecule is CCOC(=O)/C(C#N)=C/NC1CCCCC1. The van der Waals surface area contributed by atoms with Crippen molar-refractivity contribution in [1.29, 1.82) is 5.26 Å². The molecule has 16 heavy (non-hydrogen) atoms. The standard InChI is InChI=1S/C12H18N2O2/c1-2-16-12(15)10(8-13)9-14-11-6-4-3-5-7-11/h9,11,14H,2-7H2,1H3/b10-9+. The third-order valence-electron chi connectivity index (χ3n) is 2.68. The zero-order chi connectivity index (χ0) is 11.8. The summed E-state index contributed by atoms with van der Waals surface area (Å²) < 4.78 is 4.77. The van der Waals surface area contributed by atoms with Gasteiger partial charge in [0.25, 0.3) is 0 Å². The molecule has 1 saturated carbocycles. The molecule has 1 rings (SSSR count). The molecule has 4 heteroatoms. The quantitative estimate of drug-likeness (QED) is 0.448. The van der Waals surface area contributed by atoms with E-state index in [0.717, 1.165) is 12.8 Å². The van der Waals surface area contributed by atoms with E-state index in [0.29, 0.717) is 12.6 Å². The largest absolute Gasteiger partial charge is 0.462 e. The lowest BCUT2D eigenvalue weighted by Gasteiger charge is -2.21. The predicted molar refractivity (Wildman–Crippen MR) is 60.3 cm³/mol. The third-order valence-corrected chi connectivity index (χ3v) is 2.68. The van der Waals surface area contributed by atoms with Crippen molar-refractivity contribution < 1.29 is 9.53 Å². The molecule has 0 radical (unpaired) electrons. The molecule has 0 bridgehead atoms. The Morgan fingerprint density at radius 1 is 1.50 bits per heavy atom. The van der Waals surface area contributed by atoms with E-state index in [2.05, 4.69) is 5.32 Å². The maximum atomic E-state index is 11.3. The van der Waals surface area contributed by atoms with Crippen LogP contribution in [0.1, 0.15) is 39.0 Å². The first-order valence-corrected chi connectivity index (χ1v) is 5.81. The molecule has 0 amide bonds. The molecule has 4 nitrogen and oxygen atoms in total. The van der Waals surface area contributed by atoms with Gasteiger partial charge in [0.05, 0.1) is 6.61 Å². The van der Waals surface area contributed by atoms with E-state index in [4.69, 9.17) is 10.00 Å². The Morgan fingerprint density at radius 3 is 2.75 bits per heavy atom. The van der Waals surface area contributed by atoms with Crippen LogP contribution < -0.4 is 5.32 Å². The Hall–Kier alpha value is -1.50. The molecule has 1 aliphatic rings. The van der Waals surface area contributed by atoms with Crippen molar-refractivity contribution >= 4 is 5.97 Å². The number of carbonyl (C=O) groups excluding carboxylic acids is 1. The van der Waals surface area contributed by atoms with E-state index in [1.165, 1.54) is 25.5 Å². The highest BCUT2D eigenvalue weighted by atomic mass is 16.5. The fraction of sp³-hybridized carbons (Fsp3) is 0.667. The highest BCUT2D eigenvalue weighted by Crippen LogP contribution is 2.17. The highest BCUT2D eigenvalue weighted by Gasteiger charge is 2.13. The minimum atomic E-state index is -0.548. The van der Waals surface area contributed by atoms with Gasteiger partial charge < -0.3 is 10.1 Å². The molecule has 0 aromatic heterocycles. The second-order valence-electron chi connectivity index (χ2n) is 3.89. The molecule has 0 unspecified atom stereocenters. The van der Waals surface area contributed by atoms with Gasteiger partial charge in [-0.1, -0.05) is 19.3 Å². The van der Waals surface area contributed by atoms with E-state index in [1.807, 2.05) is 6.07 Å². The van der Waals surface area contributed by atoms with Crippen molar-refractivity contribution in [3.63, 3.8) is 0 Å². The van der Waals surface area contributed by atoms with Gasteiger partial charge in [0.2, 0.25) is 0 Å². The Balaban J connectivity index is 2.46. The number of rotatable bonds is 4. The number of nitrogens with zero attached hydrogens (tertiary/aromatic N) is 1. The number of carbonyl (C=O) groups is 1. The van der Waals surface area contributed by atoms with Crippen LogP contribution in [-0.2, 0) is 9.53 Å². The Labute approximate surface area is 96.3 Å². The number of esters is 1. The Kier molecular flexibility index (Phi) is 5.41. The van der Waals surface area contributed by atoms with Gasteiger partial charge in [-0.15, -0.1) is 0 Å². The summed E-state index contributed by atoms with van der Waals surface area (Å²) in [5, 5.41) is 11.9. The number of hydrogen-bond donors (Lipinski definition) is 1.